The molecular formula is C15H9BrCl3NO. The Balaban J connectivity index is 2.27. The van der Waals surface area contributed by atoms with E-state index in [2.05, 4.69) is 21.2 Å². The first-order valence-corrected chi connectivity index (χ1v) is 8.08. The zero-order chi connectivity index (χ0) is 15.3. The van der Waals surface area contributed by atoms with Crippen LogP contribution in [0.3, 0.4) is 0 Å². The van der Waals surface area contributed by atoms with Crippen molar-refractivity contribution in [3.8, 4) is 11.1 Å². The Morgan fingerprint density at radius 3 is 2.57 bits per heavy atom. The van der Waals surface area contributed by atoms with E-state index in [-0.39, 0.29) is 10.9 Å². The van der Waals surface area contributed by atoms with E-state index < -0.39 is 0 Å². The molecule has 3 rings (SSSR count). The summed E-state index contributed by atoms with van der Waals surface area (Å²) in [5, 5.41) is 3.79. The van der Waals surface area contributed by atoms with Gasteiger partial charge in [0.1, 0.15) is 0 Å². The predicted molar refractivity (Wildman–Crippen MR) is 91.7 cm³/mol. The molecule has 1 amide bonds. The van der Waals surface area contributed by atoms with E-state index in [4.69, 9.17) is 34.8 Å². The standard InChI is InChI=1S/C15H9BrCl3NO/c1-6(21)20-15-12(17)10-5-7-4-8(16)2-3-9(7)11(10)13(18)14(15)19/h2-4H,5H2,1H3,(H,20,21). The van der Waals surface area contributed by atoms with Crippen molar-refractivity contribution in [2.24, 2.45) is 0 Å². The molecule has 21 heavy (non-hydrogen) atoms. The van der Waals surface area contributed by atoms with E-state index in [9.17, 15) is 4.79 Å². The molecule has 1 aliphatic rings. The SMILES string of the molecule is CC(=O)Nc1c(Cl)c(Cl)c2c(c1Cl)Cc1cc(Br)ccc1-2. The number of benzene rings is 2. The number of fused-ring (bicyclic) bond motifs is 3. The summed E-state index contributed by atoms with van der Waals surface area (Å²) in [6, 6.07) is 5.98. The third kappa shape index (κ3) is 2.46. The van der Waals surface area contributed by atoms with Gasteiger partial charge < -0.3 is 5.32 Å². The van der Waals surface area contributed by atoms with E-state index in [1.165, 1.54) is 6.92 Å². The van der Waals surface area contributed by atoms with Gasteiger partial charge in [0, 0.05) is 23.4 Å². The molecule has 0 fully saturated rings. The van der Waals surface area contributed by atoms with Crippen LogP contribution in [0.2, 0.25) is 15.1 Å². The number of anilines is 1. The van der Waals surface area contributed by atoms with Gasteiger partial charge in [-0.3, -0.25) is 4.79 Å². The Morgan fingerprint density at radius 2 is 1.90 bits per heavy atom. The minimum absolute atomic E-state index is 0.243. The highest BCUT2D eigenvalue weighted by Gasteiger charge is 2.28. The highest BCUT2D eigenvalue weighted by Crippen LogP contribution is 2.51. The van der Waals surface area contributed by atoms with Crippen LogP contribution in [-0.2, 0) is 11.2 Å². The molecule has 1 aliphatic carbocycles. The summed E-state index contributed by atoms with van der Waals surface area (Å²) >= 11 is 22.6. The lowest BCUT2D eigenvalue weighted by molar-refractivity contribution is -0.114. The van der Waals surface area contributed by atoms with Gasteiger partial charge in [0.25, 0.3) is 0 Å². The quantitative estimate of drug-likeness (QED) is 0.499. The fraction of sp³-hybridized carbons (Fsp3) is 0.133. The number of rotatable bonds is 1. The van der Waals surface area contributed by atoms with Crippen LogP contribution < -0.4 is 5.32 Å². The van der Waals surface area contributed by atoms with E-state index in [0.717, 1.165) is 26.7 Å². The molecule has 0 aromatic heterocycles. The molecular weight excluding hydrogens is 396 g/mol. The van der Waals surface area contributed by atoms with Gasteiger partial charge in [0.05, 0.1) is 20.8 Å². The first kappa shape index (κ1) is 15.2. The Labute approximate surface area is 145 Å². The van der Waals surface area contributed by atoms with E-state index in [1.807, 2.05) is 18.2 Å². The molecule has 2 nitrogen and oxygen atoms in total. The fourth-order valence-electron chi connectivity index (χ4n) is 2.58. The zero-order valence-electron chi connectivity index (χ0n) is 10.9. The number of carbonyl (C=O) groups excluding carboxylic acids is 1. The third-order valence-electron chi connectivity index (χ3n) is 3.42. The smallest absolute Gasteiger partial charge is 0.221 e. The van der Waals surface area contributed by atoms with Gasteiger partial charge in [-0.25, -0.2) is 0 Å². The largest absolute Gasteiger partial charge is 0.324 e. The predicted octanol–water partition coefficient (Wildman–Crippen LogP) is 5.94. The van der Waals surface area contributed by atoms with Gasteiger partial charge in [-0.05, 0) is 28.8 Å². The average Bonchev–Trinajstić information content (AvgIpc) is 2.79. The van der Waals surface area contributed by atoms with Crippen molar-refractivity contribution in [2.75, 3.05) is 5.32 Å². The van der Waals surface area contributed by atoms with E-state index in [1.54, 1.807) is 0 Å². The lowest BCUT2D eigenvalue weighted by atomic mass is 10.0. The Morgan fingerprint density at radius 1 is 1.19 bits per heavy atom. The van der Waals surface area contributed by atoms with E-state index in [0.29, 0.717) is 22.2 Å². The van der Waals surface area contributed by atoms with Crippen LogP contribution >= 0.6 is 50.7 Å². The van der Waals surface area contributed by atoms with Gasteiger partial charge in [0.2, 0.25) is 5.91 Å². The van der Waals surface area contributed by atoms with Crippen LogP contribution in [0.1, 0.15) is 18.1 Å². The molecule has 0 saturated heterocycles. The van der Waals surface area contributed by atoms with Crippen LogP contribution in [0, 0.1) is 0 Å². The second-order valence-corrected chi connectivity index (χ2v) is 6.88. The summed E-state index contributed by atoms with van der Waals surface area (Å²) in [4.78, 5) is 11.3. The molecule has 0 spiro atoms. The highest BCUT2D eigenvalue weighted by atomic mass is 79.9. The van der Waals surface area contributed by atoms with Crippen molar-refractivity contribution in [3.05, 3.63) is 48.9 Å². The van der Waals surface area contributed by atoms with Crippen LogP contribution in [0.5, 0.6) is 0 Å². The number of hydrogen-bond acceptors (Lipinski definition) is 1. The van der Waals surface area contributed by atoms with Crippen LogP contribution in [0.4, 0.5) is 5.69 Å². The molecule has 0 heterocycles. The maximum Gasteiger partial charge on any atom is 0.221 e. The van der Waals surface area contributed by atoms with Crippen LogP contribution in [0.15, 0.2) is 22.7 Å². The minimum atomic E-state index is -0.243. The maximum absolute atomic E-state index is 11.3. The summed E-state index contributed by atoms with van der Waals surface area (Å²) in [5.41, 5.74) is 4.27. The minimum Gasteiger partial charge on any atom is -0.324 e. The van der Waals surface area contributed by atoms with Gasteiger partial charge in [-0.1, -0.05) is 56.8 Å². The molecule has 0 saturated carbocycles. The second kappa shape index (κ2) is 5.47. The number of hydrogen-bond donors (Lipinski definition) is 1. The molecule has 0 atom stereocenters. The van der Waals surface area contributed by atoms with Crippen molar-refractivity contribution < 1.29 is 4.79 Å². The van der Waals surface area contributed by atoms with Crippen molar-refractivity contribution in [1.29, 1.82) is 0 Å². The van der Waals surface area contributed by atoms with Gasteiger partial charge in [-0.15, -0.1) is 0 Å². The topological polar surface area (TPSA) is 29.1 Å². The molecule has 108 valence electrons. The lowest BCUT2D eigenvalue weighted by Crippen LogP contribution is -2.08. The maximum atomic E-state index is 11.3. The van der Waals surface area contributed by atoms with Crippen molar-refractivity contribution in [1.82, 2.24) is 0 Å². The number of amides is 1. The highest BCUT2D eigenvalue weighted by molar-refractivity contribution is 9.10. The van der Waals surface area contributed by atoms with Gasteiger partial charge in [-0.2, -0.15) is 0 Å². The normalized spacial score (nSPS) is 12.0. The monoisotopic (exact) mass is 403 g/mol. The van der Waals surface area contributed by atoms with Crippen molar-refractivity contribution in [3.63, 3.8) is 0 Å². The Bertz CT molecular complexity index is 789. The molecule has 1 N–H and O–H groups in total. The average molecular weight is 406 g/mol. The van der Waals surface area contributed by atoms with E-state index >= 15 is 0 Å². The fourth-order valence-corrected chi connectivity index (χ4v) is 3.89. The Kier molecular flexibility index (Phi) is 3.95. The molecule has 0 radical (unpaired) electrons. The number of halogens is 4. The molecule has 0 aliphatic heterocycles. The Hall–Kier alpha value is -0.740. The van der Waals surface area contributed by atoms with Crippen LogP contribution in [0.25, 0.3) is 11.1 Å². The summed E-state index contributed by atoms with van der Waals surface area (Å²) in [5.74, 6) is -0.243. The molecule has 0 bridgehead atoms. The molecule has 6 heteroatoms. The first-order chi connectivity index (χ1) is 9.90. The summed E-state index contributed by atoms with van der Waals surface area (Å²) in [6.45, 7) is 1.40. The number of carbonyl (C=O) groups is 1. The summed E-state index contributed by atoms with van der Waals surface area (Å²) < 4.78 is 0.995. The molecule has 2 aromatic rings. The second-order valence-electron chi connectivity index (χ2n) is 4.83. The zero-order valence-corrected chi connectivity index (χ0v) is 14.7. The van der Waals surface area contributed by atoms with Gasteiger partial charge in [0.15, 0.2) is 0 Å². The molecule has 2 aromatic carbocycles. The number of nitrogens with one attached hydrogen (secondary N) is 1. The van der Waals surface area contributed by atoms with Gasteiger partial charge >= 0.3 is 0 Å². The third-order valence-corrected chi connectivity index (χ3v) is 5.19. The van der Waals surface area contributed by atoms with Crippen molar-refractivity contribution in [2.45, 2.75) is 13.3 Å². The van der Waals surface area contributed by atoms with Crippen LogP contribution in [-0.4, -0.2) is 5.91 Å². The molecule has 0 unspecified atom stereocenters. The summed E-state index contributed by atoms with van der Waals surface area (Å²) in [7, 11) is 0. The first-order valence-electron chi connectivity index (χ1n) is 6.16. The lowest BCUT2D eigenvalue weighted by Gasteiger charge is -2.14. The van der Waals surface area contributed by atoms with Crippen molar-refractivity contribution >= 4 is 62.3 Å². The summed E-state index contributed by atoms with van der Waals surface area (Å²) in [6.07, 6.45) is 0.659.